The minimum absolute atomic E-state index is 0.0218. The van der Waals surface area contributed by atoms with E-state index in [2.05, 4.69) is 10.6 Å². The van der Waals surface area contributed by atoms with Crippen molar-refractivity contribution in [2.45, 2.75) is 26.1 Å². The van der Waals surface area contributed by atoms with Crippen LogP contribution in [0.15, 0.2) is 18.2 Å². The lowest BCUT2D eigenvalue weighted by Gasteiger charge is -2.26. The third-order valence-electron chi connectivity index (χ3n) is 5.56. The van der Waals surface area contributed by atoms with Gasteiger partial charge in [-0.25, -0.2) is 9.59 Å². The monoisotopic (exact) mass is 501 g/mol. The van der Waals surface area contributed by atoms with Crippen LogP contribution in [0.4, 0.5) is 5.00 Å². The number of nitrogens with zero attached hydrogens (tertiary/aromatic N) is 1. The van der Waals surface area contributed by atoms with Gasteiger partial charge in [0.15, 0.2) is 0 Å². The molecule has 0 saturated carbocycles. The fourth-order valence-electron chi connectivity index (χ4n) is 3.98. The van der Waals surface area contributed by atoms with E-state index in [1.165, 1.54) is 18.2 Å². The summed E-state index contributed by atoms with van der Waals surface area (Å²) in [6.07, 6.45) is -0.711. The van der Waals surface area contributed by atoms with Gasteiger partial charge in [-0.2, -0.15) is 0 Å². The van der Waals surface area contributed by atoms with Crippen LogP contribution in [0, 0.1) is 0 Å². The first-order valence-corrected chi connectivity index (χ1v) is 11.3. The first-order valence-electron chi connectivity index (χ1n) is 10.4. The Bertz CT molecular complexity index is 1300. The van der Waals surface area contributed by atoms with Crippen LogP contribution < -0.4 is 10.6 Å². The highest BCUT2D eigenvalue weighted by Gasteiger charge is 2.39. The summed E-state index contributed by atoms with van der Waals surface area (Å²) in [5.41, 5.74) is 0.583. The van der Waals surface area contributed by atoms with Crippen molar-refractivity contribution in [1.29, 1.82) is 0 Å². The molecular weight excluding hydrogens is 482 g/mol. The predicted molar refractivity (Wildman–Crippen MR) is 120 cm³/mol. The number of benzene rings is 1. The highest BCUT2D eigenvalue weighted by atomic mass is 32.1. The molecule has 2 aliphatic heterocycles. The fourth-order valence-corrected chi connectivity index (χ4v) is 5.12. The van der Waals surface area contributed by atoms with E-state index in [-0.39, 0.29) is 52.7 Å². The Kier molecular flexibility index (Phi) is 6.37. The Morgan fingerprint density at radius 3 is 2.51 bits per heavy atom. The molecule has 0 spiro atoms. The van der Waals surface area contributed by atoms with Crippen LogP contribution >= 0.6 is 11.3 Å². The van der Waals surface area contributed by atoms with E-state index in [0.29, 0.717) is 17.0 Å². The Balaban J connectivity index is 1.54. The summed E-state index contributed by atoms with van der Waals surface area (Å²) in [5, 5.41) is 23.0. The van der Waals surface area contributed by atoms with Crippen molar-refractivity contribution >= 4 is 51.9 Å². The molecule has 0 radical (unpaired) electrons. The molecule has 0 aliphatic carbocycles. The summed E-state index contributed by atoms with van der Waals surface area (Å²) in [7, 11) is 0. The van der Waals surface area contributed by atoms with Crippen molar-refractivity contribution in [3.63, 3.8) is 0 Å². The maximum atomic E-state index is 12.9. The molecule has 13 heteroatoms. The average Bonchev–Trinajstić information content (AvgIpc) is 3.28. The zero-order chi connectivity index (χ0) is 25.4. The van der Waals surface area contributed by atoms with Gasteiger partial charge in [0.05, 0.1) is 35.9 Å². The second-order valence-electron chi connectivity index (χ2n) is 7.75. The zero-order valence-electron chi connectivity index (χ0n) is 18.2. The predicted octanol–water partition coefficient (Wildman–Crippen LogP) is 0.957. The number of hydrogen-bond donors (Lipinski definition) is 4. The molecule has 35 heavy (non-hydrogen) atoms. The van der Waals surface area contributed by atoms with E-state index in [4.69, 9.17) is 9.84 Å². The van der Waals surface area contributed by atoms with Gasteiger partial charge in [0, 0.05) is 23.4 Å². The summed E-state index contributed by atoms with van der Waals surface area (Å²) in [4.78, 5) is 73.6. The van der Waals surface area contributed by atoms with Gasteiger partial charge in [-0.15, -0.1) is 11.3 Å². The standard InChI is InChI=1S/C22H19N3O9S/c1-2-23-16(26)9-3-4-11-12(5-9)20(29)25(19(11)28)7-10-6-13-14(8-34-10)35-18(15(13)21(30)31)24-17(27)22(32)33/h3-5,10H,2,6-8H2,1H3,(H,23,26)(H,24,27)(H,30,31)(H,32,33). The molecular formula is C22H19N3O9S. The zero-order valence-corrected chi connectivity index (χ0v) is 19.1. The van der Waals surface area contributed by atoms with E-state index >= 15 is 0 Å². The number of imide groups is 1. The van der Waals surface area contributed by atoms with Crippen molar-refractivity contribution < 1.29 is 43.7 Å². The molecule has 4 N–H and O–H groups in total. The fraction of sp³-hybridized carbons (Fsp3) is 0.273. The van der Waals surface area contributed by atoms with E-state index in [9.17, 15) is 33.9 Å². The van der Waals surface area contributed by atoms with Gasteiger partial charge in [-0.1, -0.05) is 0 Å². The molecule has 1 aromatic heterocycles. The molecule has 182 valence electrons. The number of amides is 4. The average molecular weight is 501 g/mol. The van der Waals surface area contributed by atoms with Crippen LogP contribution in [0.25, 0.3) is 0 Å². The minimum atomic E-state index is -1.76. The second-order valence-corrected chi connectivity index (χ2v) is 8.86. The Labute approximate surface area is 201 Å². The van der Waals surface area contributed by atoms with Gasteiger partial charge in [0.1, 0.15) is 5.00 Å². The lowest BCUT2D eigenvalue weighted by molar-refractivity contribution is -0.147. The third kappa shape index (κ3) is 4.38. The lowest BCUT2D eigenvalue weighted by atomic mass is 10.0. The van der Waals surface area contributed by atoms with E-state index in [1.807, 2.05) is 0 Å². The van der Waals surface area contributed by atoms with Crippen LogP contribution in [0.2, 0.25) is 0 Å². The molecule has 4 amide bonds. The molecule has 0 fully saturated rings. The van der Waals surface area contributed by atoms with Crippen molar-refractivity contribution in [3.05, 3.63) is 50.9 Å². The molecule has 1 atom stereocenters. The summed E-state index contributed by atoms with van der Waals surface area (Å²) in [6, 6.07) is 4.23. The van der Waals surface area contributed by atoms with Crippen molar-refractivity contribution in [3.8, 4) is 0 Å². The SMILES string of the molecule is CCNC(=O)c1ccc2c(c1)C(=O)N(CC1Cc3c(sc(NC(=O)C(=O)O)c3C(=O)O)CO1)C2=O. The Hall–Kier alpha value is -4.10. The second kappa shape index (κ2) is 9.27. The van der Waals surface area contributed by atoms with Gasteiger partial charge in [0.25, 0.3) is 17.7 Å². The molecule has 2 aliphatic rings. The van der Waals surface area contributed by atoms with Crippen LogP contribution in [0.3, 0.4) is 0 Å². The summed E-state index contributed by atoms with van der Waals surface area (Å²) in [6.45, 7) is 1.95. The quantitative estimate of drug-likeness (QED) is 0.331. The molecule has 1 aromatic carbocycles. The van der Waals surface area contributed by atoms with Gasteiger partial charge < -0.3 is 25.6 Å². The van der Waals surface area contributed by atoms with Crippen molar-refractivity contribution in [1.82, 2.24) is 10.2 Å². The molecule has 1 unspecified atom stereocenters. The number of rotatable bonds is 6. The number of aromatic carboxylic acids is 1. The summed E-state index contributed by atoms with van der Waals surface area (Å²) >= 11 is 0.893. The molecule has 0 saturated heterocycles. The largest absolute Gasteiger partial charge is 0.478 e. The lowest BCUT2D eigenvalue weighted by Crippen LogP contribution is -2.40. The number of carbonyl (C=O) groups excluding carboxylic acids is 4. The van der Waals surface area contributed by atoms with Crippen LogP contribution in [0.1, 0.15) is 58.8 Å². The summed E-state index contributed by atoms with van der Waals surface area (Å²) in [5.74, 6) is -6.02. The first-order chi connectivity index (χ1) is 16.6. The van der Waals surface area contributed by atoms with Crippen molar-refractivity contribution in [2.75, 3.05) is 18.4 Å². The maximum Gasteiger partial charge on any atom is 0.394 e. The van der Waals surface area contributed by atoms with Gasteiger partial charge in [0.2, 0.25) is 0 Å². The van der Waals surface area contributed by atoms with Gasteiger partial charge in [-0.3, -0.25) is 24.1 Å². The number of nitrogens with one attached hydrogen (secondary N) is 2. The first kappa shape index (κ1) is 24.0. The molecule has 12 nitrogen and oxygen atoms in total. The number of carbonyl (C=O) groups is 6. The number of anilines is 1. The number of ether oxygens (including phenoxy) is 1. The molecule has 0 bridgehead atoms. The third-order valence-corrected chi connectivity index (χ3v) is 6.69. The van der Waals surface area contributed by atoms with Crippen molar-refractivity contribution in [2.24, 2.45) is 0 Å². The van der Waals surface area contributed by atoms with Crippen LogP contribution in [0.5, 0.6) is 0 Å². The minimum Gasteiger partial charge on any atom is -0.478 e. The number of aliphatic carboxylic acids is 1. The normalized spacial score (nSPS) is 16.5. The van der Waals surface area contributed by atoms with Gasteiger partial charge in [-0.05, 0) is 30.7 Å². The van der Waals surface area contributed by atoms with E-state index in [0.717, 1.165) is 16.2 Å². The van der Waals surface area contributed by atoms with Crippen LogP contribution in [-0.4, -0.2) is 69.9 Å². The Morgan fingerprint density at radius 1 is 1.14 bits per heavy atom. The molecule has 4 rings (SSSR count). The number of thiophene rings is 1. The highest BCUT2D eigenvalue weighted by molar-refractivity contribution is 7.17. The number of hydrogen-bond acceptors (Lipinski definition) is 8. The molecule has 3 heterocycles. The highest BCUT2D eigenvalue weighted by Crippen LogP contribution is 2.38. The number of fused-ring (bicyclic) bond motifs is 2. The molecule has 2 aromatic rings. The smallest absolute Gasteiger partial charge is 0.394 e. The van der Waals surface area contributed by atoms with Gasteiger partial charge >= 0.3 is 17.8 Å². The number of carboxylic acid groups (broad SMARTS) is 2. The number of carboxylic acids is 2. The topological polar surface area (TPSA) is 179 Å². The summed E-state index contributed by atoms with van der Waals surface area (Å²) < 4.78 is 5.73. The Morgan fingerprint density at radius 2 is 1.86 bits per heavy atom. The van der Waals surface area contributed by atoms with Crippen LogP contribution in [-0.2, 0) is 27.4 Å². The maximum absolute atomic E-state index is 12.9. The van der Waals surface area contributed by atoms with E-state index in [1.54, 1.807) is 6.92 Å². The van der Waals surface area contributed by atoms with E-state index < -0.39 is 35.8 Å².